The van der Waals surface area contributed by atoms with E-state index in [1.54, 1.807) is 0 Å². The van der Waals surface area contributed by atoms with Gasteiger partial charge in [-0.05, 0) is 26.0 Å². The molecule has 122 valence electrons. The average Bonchev–Trinajstić information content (AvgIpc) is 2.47. The zero-order chi connectivity index (χ0) is 16.1. The van der Waals surface area contributed by atoms with Crippen LogP contribution in [0.25, 0.3) is 0 Å². The molecular weight excluding hydrogens is 290 g/mol. The van der Waals surface area contributed by atoms with Gasteiger partial charge in [0, 0.05) is 50.3 Å². The fourth-order valence-electron chi connectivity index (χ4n) is 2.87. The normalized spacial score (nSPS) is 18.3. The molecule has 1 atom stereocenters. The van der Waals surface area contributed by atoms with Crippen molar-refractivity contribution in [2.24, 2.45) is 0 Å². The first kappa shape index (κ1) is 16.8. The number of hydrogen-bond acceptors (Lipinski definition) is 3. The van der Waals surface area contributed by atoms with Gasteiger partial charge in [-0.3, -0.25) is 9.69 Å². The average molecular weight is 312 g/mol. The highest BCUT2D eigenvalue weighted by atomic mass is 19.1. The summed E-state index contributed by atoms with van der Waals surface area (Å²) in [7, 11) is 0. The highest BCUT2D eigenvalue weighted by Gasteiger charge is 2.23. The minimum atomic E-state index is -0.765. The van der Waals surface area contributed by atoms with E-state index in [0.29, 0.717) is 12.0 Å². The van der Waals surface area contributed by atoms with Crippen LogP contribution in [-0.4, -0.2) is 53.6 Å². The quantitative estimate of drug-likeness (QED) is 0.876. The fourth-order valence-corrected chi connectivity index (χ4v) is 2.87. The molecule has 1 aliphatic rings. The summed E-state index contributed by atoms with van der Waals surface area (Å²) in [4.78, 5) is 14.9. The van der Waals surface area contributed by atoms with Crippen molar-refractivity contribution in [2.75, 3.05) is 32.7 Å². The summed E-state index contributed by atoms with van der Waals surface area (Å²) in [5.41, 5.74) is 0.515. The molecule has 1 aromatic rings. The van der Waals surface area contributed by atoms with Gasteiger partial charge in [0.25, 0.3) is 0 Å². The van der Waals surface area contributed by atoms with Gasteiger partial charge in [0.05, 0.1) is 0 Å². The predicted octanol–water partition coefficient (Wildman–Crippen LogP) is 2.51. The number of aliphatic carboxylic acids is 1. The van der Waals surface area contributed by atoms with Crippen molar-refractivity contribution in [3.8, 4) is 0 Å². The number of hydrogen-bond donors (Lipinski definition) is 1. The summed E-state index contributed by atoms with van der Waals surface area (Å²) in [5.74, 6) is -1.83. The van der Waals surface area contributed by atoms with Crippen LogP contribution < -0.4 is 0 Å². The maximum atomic E-state index is 13.8. The second-order valence-electron chi connectivity index (χ2n) is 5.72. The second kappa shape index (κ2) is 7.65. The van der Waals surface area contributed by atoms with Gasteiger partial charge in [0.15, 0.2) is 0 Å². The van der Waals surface area contributed by atoms with Crippen LogP contribution in [0.4, 0.5) is 8.78 Å². The van der Waals surface area contributed by atoms with Crippen LogP contribution in [0, 0.1) is 11.6 Å². The van der Waals surface area contributed by atoms with Gasteiger partial charge in [-0.2, -0.15) is 0 Å². The van der Waals surface area contributed by atoms with Gasteiger partial charge in [0.2, 0.25) is 0 Å². The monoisotopic (exact) mass is 312 g/mol. The van der Waals surface area contributed by atoms with Crippen LogP contribution in [0.15, 0.2) is 18.2 Å². The highest BCUT2D eigenvalue weighted by Crippen LogP contribution is 2.24. The number of carbonyl (C=O) groups is 1. The first-order chi connectivity index (χ1) is 10.5. The van der Waals surface area contributed by atoms with E-state index in [0.717, 1.165) is 38.8 Å². The third kappa shape index (κ3) is 4.48. The lowest BCUT2D eigenvalue weighted by molar-refractivity contribution is -0.137. The zero-order valence-corrected chi connectivity index (χ0v) is 12.8. The Kier molecular flexibility index (Phi) is 5.85. The van der Waals surface area contributed by atoms with E-state index in [4.69, 9.17) is 5.11 Å². The van der Waals surface area contributed by atoms with Crippen molar-refractivity contribution in [1.82, 2.24) is 9.80 Å². The molecule has 22 heavy (non-hydrogen) atoms. The van der Waals surface area contributed by atoms with Gasteiger partial charge in [-0.25, -0.2) is 8.78 Å². The molecule has 1 fully saturated rings. The summed E-state index contributed by atoms with van der Waals surface area (Å²) in [6.45, 7) is 5.98. The zero-order valence-electron chi connectivity index (χ0n) is 12.8. The minimum Gasteiger partial charge on any atom is -0.481 e. The van der Waals surface area contributed by atoms with Crippen LogP contribution in [0.3, 0.4) is 0 Å². The van der Waals surface area contributed by atoms with Crippen molar-refractivity contribution < 1.29 is 18.7 Å². The first-order valence-corrected chi connectivity index (χ1v) is 7.60. The molecule has 0 radical (unpaired) electrons. The van der Waals surface area contributed by atoms with Crippen LogP contribution >= 0.6 is 0 Å². The molecule has 1 saturated heterocycles. The second-order valence-corrected chi connectivity index (χ2v) is 5.72. The maximum absolute atomic E-state index is 13.8. The topological polar surface area (TPSA) is 43.8 Å². The molecule has 0 bridgehead atoms. The van der Waals surface area contributed by atoms with Crippen LogP contribution in [0.5, 0.6) is 0 Å². The van der Waals surface area contributed by atoms with Crippen molar-refractivity contribution in [3.05, 3.63) is 35.4 Å². The van der Waals surface area contributed by atoms with E-state index in [9.17, 15) is 13.6 Å². The molecule has 1 aromatic carbocycles. The number of benzene rings is 1. The molecule has 1 N–H and O–H groups in total. The molecular formula is C16H22F2N2O2. The standard InChI is InChI=1S/C16H22F2N2O2/c1-12(14-5-4-13(17)11-15(14)18)20-9-7-19(8-10-20)6-2-3-16(21)22/h4-5,11-12H,2-3,6-10H2,1H3,(H,21,22)/t12-/m1/s1. The van der Waals surface area contributed by atoms with Crippen LogP contribution in [0.2, 0.25) is 0 Å². The van der Waals surface area contributed by atoms with Crippen molar-refractivity contribution >= 4 is 5.97 Å². The van der Waals surface area contributed by atoms with E-state index in [1.807, 2.05) is 6.92 Å². The van der Waals surface area contributed by atoms with E-state index in [-0.39, 0.29) is 12.5 Å². The maximum Gasteiger partial charge on any atom is 0.303 e. The molecule has 1 heterocycles. The SMILES string of the molecule is C[C@H](c1ccc(F)cc1F)N1CCN(CCCC(=O)O)CC1. The van der Waals surface area contributed by atoms with Crippen molar-refractivity contribution in [3.63, 3.8) is 0 Å². The molecule has 0 amide bonds. The highest BCUT2D eigenvalue weighted by molar-refractivity contribution is 5.66. The number of nitrogens with zero attached hydrogens (tertiary/aromatic N) is 2. The van der Waals surface area contributed by atoms with E-state index in [2.05, 4.69) is 9.80 Å². The Hall–Kier alpha value is -1.53. The number of halogens is 2. The molecule has 0 spiro atoms. The molecule has 0 aromatic heterocycles. The number of rotatable bonds is 6. The third-order valence-corrected chi connectivity index (χ3v) is 4.23. The first-order valence-electron chi connectivity index (χ1n) is 7.60. The smallest absolute Gasteiger partial charge is 0.303 e. The largest absolute Gasteiger partial charge is 0.481 e. The van der Waals surface area contributed by atoms with E-state index >= 15 is 0 Å². The van der Waals surface area contributed by atoms with Gasteiger partial charge >= 0.3 is 5.97 Å². The Morgan fingerprint density at radius 3 is 2.55 bits per heavy atom. The van der Waals surface area contributed by atoms with Crippen molar-refractivity contribution in [1.29, 1.82) is 0 Å². The lowest BCUT2D eigenvalue weighted by atomic mass is 10.1. The predicted molar refractivity (Wildman–Crippen MR) is 79.7 cm³/mol. The van der Waals surface area contributed by atoms with Crippen molar-refractivity contribution in [2.45, 2.75) is 25.8 Å². The van der Waals surface area contributed by atoms with Gasteiger partial charge in [-0.1, -0.05) is 6.07 Å². The molecule has 1 aliphatic heterocycles. The van der Waals surface area contributed by atoms with E-state index in [1.165, 1.54) is 12.1 Å². The lowest BCUT2D eigenvalue weighted by Gasteiger charge is -2.38. The fraction of sp³-hybridized carbons (Fsp3) is 0.562. The summed E-state index contributed by atoms with van der Waals surface area (Å²) in [6, 6.07) is 3.63. The Balaban J connectivity index is 1.84. The van der Waals surface area contributed by atoms with Gasteiger partial charge in [-0.15, -0.1) is 0 Å². The third-order valence-electron chi connectivity index (χ3n) is 4.23. The van der Waals surface area contributed by atoms with Crippen LogP contribution in [0.1, 0.15) is 31.4 Å². The minimum absolute atomic E-state index is 0.0956. The van der Waals surface area contributed by atoms with Gasteiger partial charge in [0.1, 0.15) is 11.6 Å². The molecule has 4 nitrogen and oxygen atoms in total. The molecule has 2 rings (SSSR count). The molecule has 6 heteroatoms. The summed E-state index contributed by atoms with van der Waals surface area (Å²) < 4.78 is 26.8. The molecule has 0 aliphatic carbocycles. The summed E-state index contributed by atoms with van der Waals surface area (Å²) in [6.07, 6.45) is 0.842. The molecule has 0 saturated carbocycles. The summed E-state index contributed by atoms with van der Waals surface area (Å²) in [5, 5.41) is 8.64. The Bertz CT molecular complexity index is 517. The van der Waals surface area contributed by atoms with Gasteiger partial charge < -0.3 is 10.0 Å². The molecule has 0 unspecified atom stereocenters. The summed E-state index contributed by atoms with van der Waals surface area (Å²) >= 11 is 0. The Labute approximate surface area is 129 Å². The Morgan fingerprint density at radius 2 is 1.95 bits per heavy atom. The number of carboxylic acid groups (broad SMARTS) is 1. The Morgan fingerprint density at radius 1 is 1.27 bits per heavy atom. The number of carboxylic acids is 1. The van der Waals surface area contributed by atoms with Crippen LogP contribution in [-0.2, 0) is 4.79 Å². The lowest BCUT2D eigenvalue weighted by Crippen LogP contribution is -2.47. The number of piperazine rings is 1. The van der Waals surface area contributed by atoms with E-state index < -0.39 is 17.6 Å².